The Morgan fingerprint density at radius 3 is 3.10 bits per heavy atom. The van der Waals surface area contributed by atoms with E-state index in [0.717, 1.165) is 18.7 Å². The molecule has 0 saturated carbocycles. The number of amides is 1. The summed E-state index contributed by atoms with van der Waals surface area (Å²) in [6.07, 6.45) is 3.67. The molecule has 1 unspecified atom stereocenters. The molecule has 1 atom stereocenters. The van der Waals surface area contributed by atoms with E-state index in [1.54, 1.807) is 0 Å². The Bertz CT molecular complexity index is 672. The van der Waals surface area contributed by atoms with Crippen LogP contribution in [0, 0.1) is 0 Å². The molecular formula is C13H16ClN5O2. The first-order chi connectivity index (χ1) is 10.3. The fraction of sp³-hybridized carbons (Fsp3) is 0.538. The zero-order valence-electron chi connectivity index (χ0n) is 11.7. The quantitative estimate of drug-likeness (QED) is 0.854. The van der Waals surface area contributed by atoms with Crippen molar-refractivity contribution in [2.45, 2.75) is 25.3 Å². The van der Waals surface area contributed by atoms with Gasteiger partial charge in [-0.25, -0.2) is 9.97 Å². The number of aromatic nitrogens is 4. The second-order valence-corrected chi connectivity index (χ2v) is 5.22. The molecule has 0 bridgehead atoms. The van der Waals surface area contributed by atoms with Crippen LogP contribution in [0.3, 0.4) is 0 Å². The molecule has 1 aliphatic heterocycles. The standard InChI is InChI=1S/C13H16ClN5O2/c1-21-13-10-11(16-7-17-13)19(9(18-10)4-5-14)8-3-2-6-15-12(8)20/h7-8H,2-6H2,1H3,(H,15,20). The molecule has 0 radical (unpaired) electrons. The predicted molar refractivity (Wildman–Crippen MR) is 77.6 cm³/mol. The molecule has 112 valence electrons. The molecular weight excluding hydrogens is 294 g/mol. The minimum absolute atomic E-state index is 0.00560. The Morgan fingerprint density at radius 2 is 2.38 bits per heavy atom. The van der Waals surface area contributed by atoms with Gasteiger partial charge in [0.05, 0.1) is 7.11 Å². The van der Waals surface area contributed by atoms with Crippen LogP contribution >= 0.6 is 11.6 Å². The van der Waals surface area contributed by atoms with E-state index in [9.17, 15) is 4.79 Å². The Labute approximate surface area is 126 Å². The fourth-order valence-corrected chi connectivity index (χ4v) is 2.84. The highest BCUT2D eigenvalue weighted by molar-refractivity contribution is 6.17. The van der Waals surface area contributed by atoms with Crippen molar-refractivity contribution in [1.82, 2.24) is 24.8 Å². The summed E-state index contributed by atoms with van der Waals surface area (Å²) in [5.74, 6) is 1.56. The third-order valence-electron chi connectivity index (χ3n) is 3.60. The number of fused-ring (bicyclic) bond motifs is 1. The van der Waals surface area contributed by atoms with E-state index in [1.165, 1.54) is 13.4 Å². The predicted octanol–water partition coefficient (Wildman–Crippen LogP) is 1.07. The van der Waals surface area contributed by atoms with E-state index in [2.05, 4.69) is 20.3 Å². The van der Waals surface area contributed by atoms with Crippen molar-refractivity contribution >= 4 is 28.7 Å². The summed E-state index contributed by atoms with van der Waals surface area (Å²) in [7, 11) is 1.54. The topological polar surface area (TPSA) is 81.9 Å². The van der Waals surface area contributed by atoms with Crippen LogP contribution in [0.25, 0.3) is 11.2 Å². The van der Waals surface area contributed by atoms with Crippen LogP contribution in [0.1, 0.15) is 24.7 Å². The van der Waals surface area contributed by atoms with Gasteiger partial charge in [0.15, 0.2) is 11.2 Å². The molecule has 1 fully saturated rings. The minimum Gasteiger partial charge on any atom is -0.479 e. The average Bonchev–Trinajstić information content (AvgIpc) is 2.86. The van der Waals surface area contributed by atoms with Gasteiger partial charge in [-0.15, -0.1) is 11.6 Å². The summed E-state index contributed by atoms with van der Waals surface area (Å²) in [5, 5.41) is 2.89. The van der Waals surface area contributed by atoms with Gasteiger partial charge in [0.1, 0.15) is 18.2 Å². The molecule has 0 aliphatic carbocycles. The summed E-state index contributed by atoms with van der Waals surface area (Å²) in [6.45, 7) is 0.713. The van der Waals surface area contributed by atoms with Gasteiger partial charge in [0, 0.05) is 18.8 Å². The van der Waals surface area contributed by atoms with Crippen LogP contribution in [-0.4, -0.2) is 45.0 Å². The minimum atomic E-state index is -0.304. The van der Waals surface area contributed by atoms with E-state index in [-0.39, 0.29) is 11.9 Å². The van der Waals surface area contributed by atoms with E-state index < -0.39 is 0 Å². The van der Waals surface area contributed by atoms with E-state index in [1.807, 2.05) is 4.57 Å². The van der Waals surface area contributed by atoms with Crippen molar-refractivity contribution in [1.29, 1.82) is 0 Å². The number of nitrogens with one attached hydrogen (secondary N) is 1. The Hall–Kier alpha value is -1.89. The molecule has 3 rings (SSSR count). The first kappa shape index (κ1) is 14.1. The molecule has 2 aromatic rings. The zero-order chi connectivity index (χ0) is 14.8. The third kappa shape index (κ3) is 2.42. The van der Waals surface area contributed by atoms with Gasteiger partial charge in [-0.05, 0) is 12.8 Å². The molecule has 7 nitrogen and oxygen atoms in total. The van der Waals surface area contributed by atoms with Crippen LogP contribution in [0.4, 0.5) is 0 Å². The lowest BCUT2D eigenvalue weighted by molar-refractivity contribution is -0.125. The van der Waals surface area contributed by atoms with Crippen molar-refractivity contribution in [3.63, 3.8) is 0 Å². The Kier molecular flexibility index (Phi) is 3.92. The highest BCUT2D eigenvalue weighted by atomic mass is 35.5. The van der Waals surface area contributed by atoms with E-state index in [4.69, 9.17) is 16.3 Å². The first-order valence-electron chi connectivity index (χ1n) is 6.85. The number of piperidine rings is 1. The molecule has 1 amide bonds. The molecule has 8 heteroatoms. The molecule has 1 N–H and O–H groups in total. The van der Waals surface area contributed by atoms with E-state index >= 15 is 0 Å². The maximum atomic E-state index is 12.2. The van der Waals surface area contributed by atoms with Gasteiger partial charge in [-0.2, -0.15) is 4.98 Å². The monoisotopic (exact) mass is 309 g/mol. The van der Waals surface area contributed by atoms with Crippen molar-refractivity contribution < 1.29 is 9.53 Å². The van der Waals surface area contributed by atoms with Crippen LogP contribution in [0.2, 0.25) is 0 Å². The summed E-state index contributed by atoms with van der Waals surface area (Å²) in [6, 6.07) is -0.304. The smallest absolute Gasteiger partial charge is 0.245 e. The molecule has 0 spiro atoms. The lowest BCUT2D eigenvalue weighted by Gasteiger charge is -2.24. The second kappa shape index (κ2) is 5.85. The SMILES string of the molecule is COc1ncnc2c1nc(CCCl)n2C1CCCNC1=O. The van der Waals surface area contributed by atoms with Gasteiger partial charge in [0.25, 0.3) is 0 Å². The lowest BCUT2D eigenvalue weighted by Crippen LogP contribution is -2.38. The van der Waals surface area contributed by atoms with Crippen molar-refractivity contribution in [3.8, 4) is 5.88 Å². The van der Waals surface area contributed by atoms with E-state index in [0.29, 0.717) is 35.9 Å². The third-order valence-corrected chi connectivity index (χ3v) is 3.78. The van der Waals surface area contributed by atoms with Crippen LogP contribution in [-0.2, 0) is 11.2 Å². The number of ether oxygens (including phenoxy) is 1. The molecule has 3 heterocycles. The maximum absolute atomic E-state index is 12.2. The van der Waals surface area contributed by atoms with Crippen molar-refractivity contribution in [2.75, 3.05) is 19.5 Å². The number of hydrogen-bond donors (Lipinski definition) is 1. The fourth-order valence-electron chi connectivity index (χ4n) is 2.67. The van der Waals surface area contributed by atoms with Gasteiger partial charge in [-0.1, -0.05) is 0 Å². The van der Waals surface area contributed by atoms with Crippen LogP contribution < -0.4 is 10.1 Å². The number of rotatable bonds is 4. The average molecular weight is 310 g/mol. The largest absolute Gasteiger partial charge is 0.479 e. The van der Waals surface area contributed by atoms with Gasteiger partial charge in [0.2, 0.25) is 11.8 Å². The zero-order valence-corrected chi connectivity index (χ0v) is 12.4. The summed E-state index contributed by atoms with van der Waals surface area (Å²) < 4.78 is 7.10. The highest BCUT2D eigenvalue weighted by Crippen LogP contribution is 2.28. The molecule has 21 heavy (non-hydrogen) atoms. The first-order valence-corrected chi connectivity index (χ1v) is 7.39. The number of alkyl halides is 1. The Balaban J connectivity index is 2.18. The van der Waals surface area contributed by atoms with Gasteiger partial charge >= 0.3 is 0 Å². The molecule has 2 aromatic heterocycles. The normalized spacial score (nSPS) is 18.8. The number of carbonyl (C=O) groups excluding carboxylic acids is 1. The van der Waals surface area contributed by atoms with Crippen molar-refractivity contribution in [2.24, 2.45) is 0 Å². The summed E-state index contributed by atoms with van der Waals surface area (Å²) >= 11 is 5.86. The molecule has 1 saturated heterocycles. The number of imidazole rings is 1. The van der Waals surface area contributed by atoms with Gasteiger partial charge in [-0.3, -0.25) is 9.36 Å². The maximum Gasteiger partial charge on any atom is 0.245 e. The number of methoxy groups -OCH3 is 1. The number of nitrogens with zero attached hydrogens (tertiary/aromatic N) is 4. The number of carbonyl (C=O) groups is 1. The molecule has 0 aromatic carbocycles. The second-order valence-electron chi connectivity index (χ2n) is 4.84. The summed E-state index contributed by atoms with van der Waals surface area (Å²) in [5.41, 5.74) is 1.18. The summed E-state index contributed by atoms with van der Waals surface area (Å²) in [4.78, 5) is 25.1. The Morgan fingerprint density at radius 1 is 1.52 bits per heavy atom. The van der Waals surface area contributed by atoms with Crippen LogP contribution in [0.5, 0.6) is 5.88 Å². The van der Waals surface area contributed by atoms with Crippen molar-refractivity contribution in [3.05, 3.63) is 12.2 Å². The number of hydrogen-bond acceptors (Lipinski definition) is 5. The molecule has 1 aliphatic rings. The highest BCUT2D eigenvalue weighted by Gasteiger charge is 2.29. The lowest BCUT2D eigenvalue weighted by atomic mass is 10.1. The number of aryl methyl sites for hydroxylation is 1. The number of halogens is 1. The van der Waals surface area contributed by atoms with Crippen LogP contribution in [0.15, 0.2) is 6.33 Å². The van der Waals surface area contributed by atoms with Gasteiger partial charge < -0.3 is 10.1 Å².